The van der Waals surface area contributed by atoms with Gasteiger partial charge in [-0.1, -0.05) is 23.7 Å². The second-order valence-corrected chi connectivity index (χ2v) is 5.43. The highest BCUT2D eigenvalue weighted by molar-refractivity contribution is 6.30. The Morgan fingerprint density at radius 3 is 2.76 bits per heavy atom. The molecular weight excluding hydrogens is 290 g/mol. The van der Waals surface area contributed by atoms with E-state index < -0.39 is 0 Å². The molecule has 0 aromatic heterocycles. The van der Waals surface area contributed by atoms with Crippen molar-refractivity contribution >= 4 is 11.6 Å². The van der Waals surface area contributed by atoms with Gasteiger partial charge >= 0.3 is 0 Å². The summed E-state index contributed by atoms with van der Waals surface area (Å²) < 4.78 is 10.5. The van der Waals surface area contributed by atoms with Gasteiger partial charge in [0, 0.05) is 29.2 Å². The fraction of sp³-hybridized carbons (Fsp3) is 0.250. The average molecular weight is 306 g/mol. The molecule has 5 heteroatoms. The van der Waals surface area contributed by atoms with Crippen molar-refractivity contribution in [3.8, 4) is 17.2 Å². The maximum Gasteiger partial charge on any atom is 0.231 e. The van der Waals surface area contributed by atoms with Crippen molar-refractivity contribution in [1.29, 1.82) is 0 Å². The standard InChI is InChI=1S/C16H16ClNO3/c1-10(11-3-2-4-13(17)5-11)18-8-12-6-15-16(7-14(12)19)21-9-20-15/h2-7,10,18-19H,8-9H2,1H3/t10-/m0/s1. The van der Waals surface area contributed by atoms with Gasteiger partial charge in [0.25, 0.3) is 0 Å². The Hall–Kier alpha value is -1.91. The normalized spacial score (nSPS) is 14.2. The van der Waals surface area contributed by atoms with E-state index in [-0.39, 0.29) is 18.6 Å². The second-order valence-electron chi connectivity index (χ2n) is 4.99. The molecule has 2 aromatic rings. The lowest BCUT2D eigenvalue weighted by atomic mass is 10.1. The molecule has 0 saturated carbocycles. The maximum absolute atomic E-state index is 10.0. The molecule has 2 N–H and O–H groups in total. The van der Waals surface area contributed by atoms with Crippen LogP contribution in [0.5, 0.6) is 17.2 Å². The van der Waals surface area contributed by atoms with Crippen LogP contribution >= 0.6 is 11.6 Å². The Balaban J connectivity index is 1.70. The largest absolute Gasteiger partial charge is 0.507 e. The first-order valence-corrected chi connectivity index (χ1v) is 7.11. The van der Waals surface area contributed by atoms with E-state index >= 15 is 0 Å². The molecule has 1 aliphatic rings. The van der Waals surface area contributed by atoms with Crippen molar-refractivity contribution in [3.05, 3.63) is 52.5 Å². The highest BCUT2D eigenvalue weighted by Gasteiger charge is 2.17. The summed E-state index contributed by atoms with van der Waals surface area (Å²) in [6, 6.07) is 11.2. The fourth-order valence-electron chi connectivity index (χ4n) is 2.27. The molecule has 21 heavy (non-hydrogen) atoms. The van der Waals surface area contributed by atoms with Crippen molar-refractivity contribution in [1.82, 2.24) is 5.32 Å². The zero-order chi connectivity index (χ0) is 14.8. The Labute approximate surface area is 128 Å². The summed E-state index contributed by atoms with van der Waals surface area (Å²) in [5, 5.41) is 14.1. The van der Waals surface area contributed by atoms with Crippen LogP contribution in [0.3, 0.4) is 0 Å². The molecule has 0 unspecified atom stereocenters. The van der Waals surface area contributed by atoms with Gasteiger partial charge in [-0.25, -0.2) is 0 Å². The number of benzene rings is 2. The second kappa shape index (κ2) is 5.84. The van der Waals surface area contributed by atoms with Crippen molar-refractivity contribution in [2.45, 2.75) is 19.5 Å². The van der Waals surface area contributed by atoms with Crippen molar-refractivity contribution in [2.75, 3.05) is 6.79 Å². The molecular formula is C16H16ClNO3. The first-order valence-electron chi connectivity index (χ1n) is 6.74. The third kappa shape index (κ3) is 3.06. The molecule has 0 fully saturated rings. The zero-order valence-electron chi connectivity index (χ0n) is 11.6. The molecule has 110 valence electrons. The van der Waals surface area contributed by atoms with E-state index in [0.29, 0.717) is 23.1 Å². The number of nitrogens with one attached hydrogen (secondary N) is 1. The lowest BCUT2D eigenvalue weighted by molar-refractivity contribution is 0.174. The lowest BCUT2D eigenvalue weighted by Gasteiger charge is -2.15. The highest BCUT2D eigenvalue weighted by atomic mass is 35.5. The van der Waals surface area contributed by atoms with Gasteiger partial charge in [0.05, 0.1) is 0 Å². The number of hydrogen-bond donors (Lipinski definition) is 2. The molecule has 0 radical (unpaired) electrons. The number of ether oxygens (including phenoxy) is 2. The van der Waals surface area contributed by atoms with Crippen molar-refractivity contribution < 1.29 is 14.6 Å². The molecule has 0 spiro atoms. The first kappa shape index (κ1) is 14.0. The molecule has 0 amide bonds. The maximum atomic E-state index is 10.0. The van der Waals surface area contributed by atoms with Crippen molar-refractivity contribution in [2.24, 2.45) is 0 Å². The van der Waals surface area contributed by atoms with E-state index in [0.717, 1.165) is 11.1 Å². The van der Waals surface area contributed by atoms with Gasteiger partial charge in [-0.3, -0.25) is 0 Å². The molecule has 2 aromatic carbocycles. The van der Waals surface area contributed by atoms with Gasteiger partial charge in [0.2, 0.25) is 6.79 Å². The van der Waals surface area contributed by atoms with Crippen LogP contribution in [0, 0.1) is 0 Å². The number of phenols is 1. The number of hydrogen-bond acceptors (Lipinski definition) is 4. The third-order valence-electron chi connectivity index (χ3n) is 3.52. The van der Waals surface area contributed by atoms with Gasteiger partial charge in [-0.2, -0.15) is 0 Å². The van der Waals surface area contributed by atoms with E-state index in [1.807, 2.05) is 24.3 Å². The number of rotatable bonds is 4. The van der Waals surface area contributed by atoms with E-state index in [1.165, 1.54) is 0 Å². The first-order chi connectivity index (χ1) is 10.1. The van der Waals surface area contributed by atoms with Crippen LogP contribution in [-0.4, -0.2) is 11.9 Å². The average Bonchev–Trinajstić information content (AvgIpc) is 2.91. The van der Waals surface area contributed by atoms with Gasteiger partial charge < -0.3 is 19.9 Å². The van der Waals surface area contributed by atoms with Crippen LogP contribution in [0.4, 0.5) is 0 Å². The number of phenolic OH excluding ortho intramolecular Hbond substituents is 1. The number of aromatic hydroxyl groups is 1. The summed E-state index contributed by atoms with van der Waals surface area (Å²) in [6.07, 6.45) is 0. The van der Waals surface area contributed by atoms with Crippen LogP contribution in [0.2, 0.25) is 5.02 Å². The zero-order valence-corrected chi connectivity index (χ0v) is 12.4. The molecule has 3 rings (SSSR count). The van der Waals surface area contributed by atoms with Crippen LogP contribution < -0.4 is 14.8 Å². The quantitative estimate of drug-likeness (QED) is 0.906. The summed E-state index contributed by atoms with van der Waals surface area (Å²) in [5.74, 6) is 1.45. The third-order valence-corrected chi connectivity index (χ3v) is 3.76. The fourth-order valence-corrected chi connectivity index (χ4v) is 2.47. The monoisotopic (exact) mass is 305 g/mol. The number of halogens is 1. The van der Waals surface area contributed by atoms with Gasteiger partial charge in [-0.05, 0) is 30.7 Å². The minimum absolute atomic E-state index is 0.119. The Bertz CT molecular complexity index is 660. The molecule has 0 bridgehead atoms. The van der Waals surface area contributed by atoms with E-state index in [2.05, 4.69) is 12.2 Å². The SMILES string of the molecule is C[C@H](NCc1cc2c(cc1O)OCO2)c1cccc(Cl)c1. The molecule has 4 nitrogen and oxygen atoms in total. The summed E-state index contributed by atoms with van der Waals surface area (Å²) >= 11 is 6.00. The number of fused-ring (bicyclic) bond motifs is 1. The van der Waals surface area contributed by atoms with Crippen LogP contribution in [0.1, 0.15) is 24.1 Å². The summed E-state index contributed by atoms with van der Waals surface area (Å²) in [4.78, 5) is 0. The Morgan fingerprint density at radius 2 is 2.00 bits per heavy atom. The molecule has 0 saturated heterocycles. The van der Waals surface area contributed by atoms with Crippen LogP contribution in [0.25, 0.3) is 0 Å². The van der Waals surface area contributed by atoms with E-state index in [4.69, 9.17) is 21.1 Å². The predicted octanol–water partition coefficient (Wildman–Crippen LogP) is 3.63. The molecule has 1 aliphatic heterocycles. The van der Waals surface area contributed by atoms with Crippen LogP contribution in [0.15, 0.2) is 36.4 Å². The molecule has 1 heterocycles. The summed E-state index contributed by atoms with van der Waals surface area (Å²) in [5.41, 5.74) is 1.87. The minimum atomic E-state index is 0.119. The smallest absolute Gasteiger partial charge is 0.231 e. The molecule has 1 atom stereocenters. The Kier molecular flexibility index (Phi) is 3.90. The highest BCUT2D eigenvalue weighted by Crippen LogP contribution is 2.37. The predicted molar refractivity (Wildman–Crippen MR) is 80.9 cm³/mol. The van der Waals surface area contributed by atoms with E-state index in [1.54, 1.807) is 12.1 Å². The summed E-state index contributed by atoms with van der Waals surface area (Å²) in [6.45, 7) is 2.77. The Morgan fingerprint density at radius 1 is 1.24 bits per heavy atom. The van der Waals surface area contributed by atoms with Crippen molar-refractivity contribution in [3.63, 3.8) is 0 Å². The van der Waals surface area contributed by atoms with Gasteiger partial charge in [-0.15, -0.1) is 0 Å². The van der Waals surface area contributed by atoms with Crippen LogP contribution in [-0.2, 0) is 6.54 Å². The van der Waals surface area contributed by atoms with E-state index in [9.17, 15) is 5.11 Å². The topological polar surface area (TPSA) is 50.7 Å². The summed E-state index contributed by atoms with van der Waals surface area (Å²) in [7, 11) is 0. The van der Waals surface area contributed by atoms with Gasteiger partial charge in [0.15, 0.2) is 11.5 Å². The van der Waals surface area contributed by atoms with Gasteiger partial charge in [0.1, 0.15) is 5.75 Å². The lowest BCUT2D eigenvalue weighted by Crippen LogP contribution is -2.18. The molecule has 0 aliphatic carbocycles. The minimum Gasteiger partial charge on any atom is -0.507 e.